The summed E-state index contributed by atoms with van der Waals surface area (Å²) >= 11 is 0. The lowest BCUT2D eigenvalue weighted by Crippen LogP contribution is -1.91. The van der Waals surface area contributed by atoms with Gasteiger partial charge in [0.2, 0.25) is 0 Å². The molecule has 0 atom stereocenters. The summed E-state index contributed by atoms with van der Waals surface area (Å²) in [6, 6.07) is 0. The smallest absolute Gasteiger partial charge is 0.0241 e. The van der Waals surface area contributed by atoms with Crippen LogP contribution in [-0.2, 0) is 0 Å². The molecule has 0 spiro atoms. The number of rotatable bonds is 8. The van der Waals surface area contributed by atoms with E-state index in [-0.39, 0.29) is 0 Å². The molecule has 0 radical (unpaired) electrons. The van der Waals surface area contributed by atoms with Crippen molar-refractivity contribution in [1.82, 2.24) is 0 Å². The monoisotopic (exact) mass is 300 g/mol. The van der Waals surface area contributed by atoms with Crippen molar-refractivity contribution in [2.75, 3.05) is 0 Å². The standard InChI is InChI=1S/C22H36/c1-3-5-12-16-21-18-14-10-8-7-9-11-15-19-22(20-21)17-13-6-4-2/h3-4H,1-2,5-19H2. The Morgan fingerprint density at radius 1 is 0.682 bits per heavy atom. The van der Waals surface area contributed by atoms with E-state index in [0.29, 0.717) is 0 Å². The summed E-state index contributed by atoms with van der Waals surface area (Å²) in [4.78, 5) is 0. The quantitative estimate of drug-likeness (QED) is 0.245. The number of hydrogen-bond acceptors (Lipinski definition) is 0. The molecule has 0 aliphatic heterocycles. The van der Waals surface area contributed by atoms with Crippen molar-refractivity contribution in [2.45, 2.75) is 96.3 Å². The molecule has 0 N–H and O–H groups in total. The maximum Gasteiger partial charge on any atom is -0.0241 e. The van der Waals surface area contributed by atoms with Crippen LogP contribution in [0, 0.1) is 0 Å². The van der Waals surface area contributed by atoms with Crippen LogP contribution in [0.15, 0.2) is 42.2 Å². The fourth-order valence-electron chi connectivity index (χ4n) is 3.23. The summed E-state index contributed by atoms with van der Waals surface area (Å²) in [6.45, 7) is 7.70. The second-order valence-electron chi connectivity index (χ2n) is 6.67. The van der Waals surface area contributed by atoms with Gasteiger partial charge in [-0.15, -0.1) is 18.9 Å². The molecule has 22 heavy (non-hydrogen) atoms. The van der Waals surface area contributed by atoms with E-state index in [1.54, 1.807) is 11.1 Å². The zero-order chi connectivity index (χ0) is 15.9. The predicted molar refractivity (Wildman–Crippen MR) is 100 cm³/mol. The lowest BCUT2D eigenvalue weighted by molar-refractivity contribution is 0.567. The Balaban J connectivity index is 2.74. The average Bonchev–Trinajstić information content (AvgIpc) is 2.51. The van der Waals surface area contributed by atoms with E-state index in [1.807, 2.05) is 12.2 Å². The second kappa shape index (κ2) is 13.6. The third kappa shape index (κ3) is 9.85. The van der Waals surface area contributed by atoms with Crippen LogP contribution >= 0.6 is 0 Å². The molecular formula is C22H36. The first kappa shape index (κ1) is 19.0. The van der Waals surface area contributed by atoms with Gasteiger partial charge in [-0.3, -0.25) is 0 Å². The van der Waals surface area contributed by atoms with Gasteiger partial charge in [-0.1, -0.05) is 44.3 Å². The first-order valence-corrected chi connectivity index (χ1v) is 9.55. The normalized spacial score (nSPS) is 17.6. The highest BCUT2D eigenvalue weighted by Gasteiger charge is 2.03. The average molecular weight is 301 g/mol. The largest absolute Gasteiger partial charge is 0.123 e. The Labute approximate surface area is 139 Å². The molecular weight excluding hydrogens is 264 g/mol. The SMILES string of the molecule is C=CCCCC1=C=C(CCCC=C)CCCCCCCCC1. The summed E-state index contributed by atoms with van der Waals surface area (Å²) in [5.41, 5.74) is 7.01. The van der Waals surface area contributed by atoms with Gasteiger partial charge in [0.1, 0.15) is 0 Å². The zero-order valence-electron chi connectivity index (χ0n) is 14.7. The van der Waals surface area contributed by atoms with E-state index in [2.05, 4.69) is 18.9 Å². The predicted octanol–water partition coefficient (Wildman–Crippen LogP) is 7.68. The van der Waals surface area contributed by atoms with Crippen molar-refractivity contribution in [1.29, 1.82) is 0 Å². The molecule has 0 saturated heterocycles. The summed E-state index contributed by atoms with van der Waals surface area (Å²) in [7, 11) is 0. The van der Waals surface area contributed by atoms with E-state index < -0.39 is 0 Å². The first-order valence-electron chi connectivity index (χ1n) is 9.55. The molecule has 0 bridgehead atoms. The van der Waals surface area contributed by atoms with Crippen molar-refractivity contribution in [3.05, 3.63) is 42.2 Å². The fourth-order valence-corrected chi connectivity index (χ4v) is 3.23. The van der Waals surface area contributed by atoms with Crippen molar-refractivity contribution in [3.63, 3.8) is 0 Å². The van der Waals surface area contributed by atoms with E-state index in [0.717, 1.165) is 12.8 Å². The molecule has 1 aliphatic carbocycles. The molecule has 0 aromatic heterocycles. The van der Waals surface area contributed by atoms with Gasteiger partial charge in [0.25, 0.3) is 0 Å². The van der Waals surface area contributed by atoms with Crippen LogP contribution in [-0.4, -0.2) is 0 Å². The summed E-state index contributed by atoms with van der Waals surface area (Å²) < 4.78 is 0. The molecule has 0 aromatic rings. The topological polar surface area (TPSA) is 0 Å². The molecule has 0 heterocycles. The molecule has 124 valence electrons. The maximum absolute atomic E-state index is 3.85. The summed E-state index contributed by atoms with van der Waals surface area (Å²) in [5.74, 6) is 0. The second-order valence-corrected chi connectivity index (χ2v) is 6.67. The summed E-state index contributed by atoms with van der Waals surface area (Å²) in [6.07, 6.45) is 23.6. The van der Waals surface area contributed by atoms with Crippen LogP contribution in [0.5, 0.6) is 0 Å². The maximum atomic E-state index is 3.85. The number of unbranched alkanes of at least 4 members (excludes halogenated alkanes) is 2. The minimum atomic E-state index is 1.14. The fraction of sp³-hybridized carbons (Fsp3) is 0.682. The third-order valence-electron chi connectivity index (χ3n) is 4.58. The van der Waals surface area contributed by atoms with Crippen molar-refractivity contribution in [2.24, 2.45) is 0 Å². The van der Waals surface area contributed by atoms with Crippen LogP contribution in [0.2, 0.25) is 0 Å². The molecule has 0 heteroatoms. The van der Waals surface area contributed by atoms with Gasteiger partial charge in [-0.05, 0) is 75.4 Å². The zero-order valence-corrected chi connectivity index (χ0v) is 14.7. The highest BCUT2D eigenvalue weighted by Crippen LogP contribution is 2.22. The molecule has 1 rings (SSSR count). The minimum absolute atomic E-state index is 1.14. The molecule has 0 unspecified atom stereocenters. The lowest BCUT2D eigenvalue weighted by Gasteiger charge is -2.10. The van der Waals surface area contributed by atoms with Gasteiger partial charge in [0.05, 0.1) is 0 Å². The van der Waals surface area contributed by atoms with Crippen molar-refractivity contribution in [3.8, 4) is 0 Å². The Kier molecular flexibility index (Phi) is 11.8. The molecule has 0 saturated carbocycles. The van der Waals surface area contributed by atoms with Gasteiger partial charge >= 0.3 is 0 Å². The molecule has 0 aromatic carbocycles. The Morgan fingerprint density at radius 3 is 1.50 bits per heavy atom. The van der Waals surface area contributed by atoms with Gasteiger partial charge < -0.3 is 0 Å². The number of allylic oxidation sites excluding steroid dienone is 3. The van der Waals surface area contributed by atoms with Gasteiger partial charge in [-0.25, -0.2) is 0 Å². The Morgan fingerprint density at radius 2 is 1.09 bits per heavy atom. The van der Waals surface area contributed by atoms with Crippen LogP contribution in [0.3, 0.4) is 0 Å². The van der Waals surface area contributed by atoms with Crippen LogP contribution in [0.25, 0.3) is 0 Å². The van der Waals surface area contributed by atoms with Gasteiger partial charge in [0.15, 0.2) is 0 Å². The highest BCUT2D eigenvalue weighted by molar-refractivity contribution is 5.10. The van der Waals surface area contributed by atoms with Gasteiger partial charge in [-0.2, -0.15) is 0 Å². The van der Waals surface area contributed by atoms with Crippen LogP contribution in [0.1, 0.15) is 96.3 Å². The van der Waals surface area contributed by atoms with Crippen molar-refractivity contribution >= 4 is 0 Å². The van der Waals surface area contributed by atoms with Crippen LogP contribution < -0.4 is 0 Å². The number of hydrogen-bond donors (Lipinski definition) is 0. The van der Waals surface area contributed by atoms with Crippen LogP contribution in [0.4, 0.5) is 0 Å². The molecule has 0 fully saturated rings. The molecule has 0 amide bonds. The van der Waals surface area contributed by atoms with E-state index in [4.69, 9.17) is 0 Å². The third-order valence-corrected chi connectivity index (χ3v) is 4.58. The Hall–Kier alpha value is -1.00. The lowest BCUT2D eigenvalue weighted by atomic mass is 9.95. The Bertz CT molecular complexity index is 333. The summed E-state index contributed by atoms with van der Waals surface area (Å²) in [5, 5.41) is 0. The highest BCUT2D eigenvalue weighted by atomic mass is 14.1. The molecule has 0 nitrogen and oxygen atoms in total. The van der Waals surface area contributed by atoms with E-state index in [9.17, 15) is 0 Å². The van der Waals surface area contributed by atoms with Gasteiger partial charge in [0, 0.05) is 0 Å². The van der Waals surface area contributed by atoms with E-state index >= 15 is 0 Å². The van der Waals surface area contributed by atoms with Crippen molar-refractivity contribution < 1.29 is 0 Å². The van der Waals surface area contributed by atoms with E-state index in [1.165, 1.54) is 83.5 Å². The first-order chi connectivity index (χ1) is 10.9. The minimum Gasteiger partial charge on any atom is -0.123 e. The molecule has 1 aliphatic rings.